The molecule has 1 atom stereocenters. The summed E-state index contributed by atoms with van der Waals surface area (Å²) >= 11 is 0. The van der Waals surface area contributed by atoms with Crippen LogP contribution in [0.2, 0.25) is 0 Å². The average molecular weight is 313 g/mol. The molecular formula is C18H27N5. The maximum Gasteiger partial charge on any atom is 0.0952 e. The lowest BCUT2D eigenvalue weighted by molar-refractivity contribution is 0.166. The summed E-state index contributed by atoms with van der Waals surface area (Å²) in [6.45, 7) is 11.1. The Morgan fingerprint density at radius 3 is 2.57 bits per heavy atom. The molecule has 2 aromatic heterocycles. The molecule has 0 amide bonds. The van der Waals surface area contributed by atoms with Gasteiger partial charge < -0.3 is 4.90 Å². The molecule has 0 aliphatic carbocycles. The zero-order valence-corrected chi connectivity index (χ0v) is 14.6. The van der Waals surface area contributed by atoms with Crippen LogP contribution in [0, 0.1) is 0 Å². The van der Waals surface area contributed by atoms with Gasteiger partial charge in [0.05, 0.1) is 17.6 Å². The van der Waals surface area contributed by atoms with Crippen molar-refractivity contribution in [3.63, 3.8) is 0 Å². The van der Waals surface area contributed by atoms with Crippen LogP contribution < -0.4 is 0 Å². The normalized spacial score (nSPS) is 19.7. The first-order valence-corrected chi connectivity index (χ1v) is 8.65. The van der Waals surface area contributed by atoms with E-state index in [0.717, 1.165) is 23.5 Å². The Bertz CT molecular complexity index is 646. The van der Waals surface area contributed by atoms with Crippen LogP contribution in [0.5, 0.6) is 0 Å². The molecule has 3 heterocycles. The minimum atomic E-state index is 0.356. The summed E-state index contributed by atoms with van der Waals surface area (Å²) in [5.74, 6) is 0.456. The smallest absolute Gasteiger partial charge is 0.0952 e. The van der Waals surface area contributed by atoms with Gasteiger partial charge in [-0.25, -0.2) is 0 Å². The number of nitrogens with zero attached hydrogens (tertiary/aromatic N) is 5. The SMILES string of the molecule is CC(C)N1CCC[C@@H](c2nccnc2-c2cnn(C(C)C)c2)C1. The molecule has 124 valence electrons. The highest BCUT2D eigenvalue weighted by Crippen LogP contribution is 2.32. The third-order valence-electron chi connectivity index (χ3n) is 4.70. The van der Waals surface area contributed by atoms with E-state index in [2.05, 4.69) is 48.9 Å². The minimum absolute atomic E-state index is 0.356. The zero-order valence-electron chi connectivity index (χ0n) is 14.6. The fourth-order valence-electron chi connectivity index (χ4n) is 3.31. The molecular weight excluding hydrogens is 286 g/mol. The molecule has 0 bridgehead atoms. The van der Waals surface area contributed by atoms with Crippen molar-refractivity contribution in [3.8, 4) is 11.3 Å². The fourth-order valence-corrected chi connectivity index (χ4v) is 3.31. The van der Waals surface area contributed by atoms with Gasteiger partial charge in [0.1, 0.15) is 0 Å². The molecule has 3 rings (SSSR count). The van der Waals surface area contributed by atoms with Crippen molar-refractivity contribution >= 4 is 0 Å². The van der Waals surface area contributed by atoms with Gasteiger partial charge in [0.2, 0.25) is 0 Å². The Morgan fingerprint density at radius 2 is 1.87 bits per heavy atom. The molecule has 1 saturated heterocycles. The molecule has 0 aromatic carbocycles. The second kappa shape index (κ2) is 6.79. The number of hydrogen-bond acceptors (Lipinski definition) is 4. The van der Waals surface area contributed by atoms with Crippen LogP contribution in [0.25, 0.3) is 11.3 Å². The van der Waals surface area contributed by atoms with E-state index in [4.69, 9.17) is 4.98 Å². The van der Waals surface area contributed by atoms with Crippen LogP contribution in [0.15, 0.2) is 24.8 Å². The number of hydrogen-bond donors (Lipinski definition) is 0. The number of aromatic nitrogens is 4. The number of rotatable bonds is 4. The summed E-state index contributed by atoms with van der Waals surface area (Å²) in [5, 5.41) is 4.46. The van der Waals surface area contributed by atoms with Crippen LogP contribution in [-0.4, -0.2) is 43.8 Å². The van der Waals surface area contributed by atoms with Crippen molar-refractivity contribution in [1.29, 1.82) is 0 Å². The molecule has 2 aromatic rings. The van der Waals surface area contributed by atoms with Gasteiger partial charge >= 0.3 is 0 Å². The van der Waals surface area contributed by atoms with Crippen LogP contribution in [0.4, 0.5) is 0 Å². The predicted octanol–water partition coefficient (Wildman–Crippen LogP) is 3.51. The van der Waals surface area contributed by atoms with E-state index in [1.807, 2.05) is 17.1 Å². The Hall–Kier alpha value is -1.75. The van der Waals surface area contributed by atoms with Crippen molar-refractivity contribution in [3.05, 3.63) is 30.5 Å². The molecule has 1 fully saturated rings. The molecule has 1 aliphatic rings. The van der Waals surface area contributed by atoms with Gasteiger partial charge in [0, 0.05) is 48.7 Å². The second-order valence-electron chi connectivity index (χ2n) is 7.02. The molecule has 5 nitrogen and oxygen atoms in total. The second-order valence-corrected chi connectivity index (χ2v) is 7.02. The first kappa shape index (κ1) is 16.1. The molecule has 1 aliphatic heterocycles. The summed E-state index contributed by atoms with van der Waals surface area (Å²) in [4.78, 5) is 11.9. The lowest BCUT2D eigenvalue weighted by Gasteiger charge is -2.35. The largest absolute Gasteiger partial charge is 0.300 e. The van der Waals surface area contributed by atoms with Gasteiger partial charge in [-0.3, -0.25) is 14.6 Å². The molecule has 0 unspecified atom stereocenters. The highest BCUT2D eigenvalue weighted by atomic mass is 15.3. The summed E-state index contributed by atoms with van der Waals surface area (Å²) in [7, 11) is 0. The number of likely N-dealkylation sites (tertiary alicyclic amines) is 1. The molecule has 23 heavy (non-hydrogen) atoms. The number of piperidine rings is 1. The van der Waals surface area contributed by atoms with Gasteiger partial charge in [-0.05, 0) is 47.1 Å². The first-order valence-electron chi connectivity index (χ1n) is 8.65. The Balaban J connectivity index is 1.91. The lowest BCUT2D eigenvalue weighted by Crippen LogP contribution is -2.39. The van der Waals surface area contributed by atoms with Gasteiger partial charge in [-0.2, -0.15) is 5.10 Å². The molecule has 0 saturated carbocycles. The highest BCUT2D eigenvalue weighted by Gasteiger charge is 2.26. The fraction of sp³-hybridized carbons (Fsp3) is 0.611. The van der Waals surface area contributed by atoms with Crippen LogP contribution in [-0.2, 0) is 0 Å². The lowest BCUT2D eigenvalue weighted by atomic mass is 9.91. The Kier molecular flexibility index (Phi) is 4.76. The zero-order chi connectivity index (χ0) is 16.4. The van der Waals surface area contributed by atoms with Gasteiger partial charge in [0.15, 0.2) is 0 Å². The van der Waals surface area contributed by atoms with Crippen LogP contribution in [0.1, 0.15) is 58.2 Å². The first-order chi connectivity index (χ1) is 11.1. The van der Waals surface area contributed by atoms with E-state index in [1.165, 1.54) is 19.4 Å². The molecule has 0 spiro atoms. The maximum atomic E-state index is 4.70. The van der Waals surface area contributed by atoms with E-state index >= 15 is 0 Å². The van der Waals surface area contributed by atoms with E-state index < -0.39 is 0 Å². The minimum Gasteiger partial charge on any atom is -0.300 e. The Labute approximate surface area is 138 Å². The molecule has 0 N–H and O–H groups in total. The van der Waals surface area contributed by atoms with E-state index in [0.29, 0.717) is 18.0 Å². The van der Waals surface area contributed by atoms with Gasteiger partial charge in [0.25, 0.3) is 0 Å². The highest BCUT2D eigenvalue weighted by molar-refractivity contribution is 5.60. The topological polar surface area (TPSA) is 46.8 Å². The van der Waals surface area contributed by atoms with Crippen LogP contribution >= 0.6 is 0 Å². The third kappa shape index (κ3) is 3.44. The van der Waals surface area contributed by atoms with E-state index in [1.54, 1.807) is 6.20 Å². The Morgan fingerprint density at radius 1 is 1.09 bits per heavy atom. The van der Waals surface area contributed by atoms with Crippen molar-refractivity contribution in [1.82, 2.24) is 24.6 Å². The predicted molar refractivity (Wildman–Crippen MR) is 92.3 cm³/mol. The van der Waals surface area contributed by atoms with Crippen molar-refractivity contribution in [2.24, 2.45) is 0 Å². The van der Waals surface area contributed by atoms with Crippen LogP contribution in [0.3, 0.4) is 0 Å². The summed E-state index contributed by atoms with van der Waals surface area (Å²) in [6.07, 6.45) is 10.0. The quantitative estimate of drug-likeness (QED) is 0.866. The standard InChI is InChI=1S/C18H27N5/c1-13(2)22-9-5-6-15(11-22)17-18(20-8-7-19-17)16-10-21-23(12-16)14(3)4/h7-8,10,12-15H,5-6,9,11H2,1-4H3/t15-/m1/s1. The molecule has 5 heteroatoms. The van der Waals surface area contributed by atoms with Gasteiger partial charge in [-0.15, -0.1) is 0 Å². The maximum absolute atomic E-state index is 4.70. The summed E-state index contributed by atoms with van der Waals surface area (Å²) in [5.41, 5.74) is 3.19. The third-order valence-corrected chi connectivity index (χ3v) is 4.70. The van der Waals surface area contributed by atoms with Gasteiger partial charge in [-0.1, -0.05) is 0 Å². The van der Waals surface area contributed by atoms with Crippen molar-refractivity contribution < 1.29 is 0 Å². The summed E-state index contributed by atoms with van der Waals surface area (Å²) < 4.78 is 1.98. The van der Waals surface area contributed by atoms with Crippen molar-refractivity contribution in [2.75, 3.05) is 13.1 Å². The monoisotopic (exact) mass is 313 g/mol. The van der Waals surface area contributed by atoms with Crippen molar-refractivity contribution in [2.45, 2.75) is 58.5 Å². The van der Waals surface area contributed by atoms with E-state index in [-0.39, 0.29) is 0 Å². The summed E-state index contributed by atoms with van der Waals surface area (Å²) in [6, 6.07) is 0.941. The average Bonchev–Trinajstić information content (AvgIpc) is 3.05. The molecule has 0 radical (unpaired) electrons. The van der Waals surface area contributed by atoms with E-state index in [9.17, 15) is 0 Å².